The highest BCUT2D eigenvalue weighted by Crippen LogP contribution is 2.19. The molecule has 0 radical (unpaired) electrons. The van der Waals surface area contributed by atoms with E-state index < -0.39 is 24.4 Å². The Labute approximate surface area is 168 Å². The lowest BCUT2D eigenvalue weighted by Crippen LogP contribution is -2.43. The van der Waals surface area contributed by atoms with Gasteiger partial charge in [0.15, 0.2) is 6.61 Å². The van der Waals surface area contributed by atoms with E-state index in [0.717, 1.165) is 16.0 Å². The van der Waals surface area contributed by atoms with E-state index in [1.165, 1.54) is 0 Å². The molecule has 0 saturated heterocycles. The first-order valence-electron chi connectivity index (χ1n) is 9.30. The number of carbonyl (C=O) groups is 4. The standard InChI is InChI=1S/C22H22N2O5/c1-14-9-15(2)11-17(10-14)23-19(25)13-29-21(27)7-8-24-20(26)12-16-5-3-4-6-18(16)22(24)28/h3-6,9-11H,7-8,12-13H2,1-2H3,(H,23,25). The molecule has 1 aliphatic heterocycles. The third-order valence-electron chi connectivity index (χ3n) is 4.54. The fourth-order valence-corrected chi connectivity index (χ4v) is 3.29. The molecule has 0 atom stereocenters. The van der Waals surface area contributed by atoms with Crippen LogP contribution in [0.4, 0.5) is 5.69 Å². The fraction of sp³-hybridized carbons (Fsp3) is 0.273. The van der Waals surface area contributed by atoms with Crippen LogP contribution in [0.15, 0.2) is 42.5 Å². The van der Waals surface area contributed by atoms with Gasteiger partial charge < -0.3 is 10.1 Å². The second-order valence-corrected chi connectivity index (χ2v) is 7.02. The van der Waals surface area contributed by atoms with Crippen molar-refractivity contribution in [3.8, 4) is 0 Å². The van der Waals surface area contributed by atoms with Crippen LogP contribution in [-0.2, 0) is 25.5 Å². The van der Waals surface area contributed by atoms with E-state index >= 15 is 0 Å². The first-order chi connectivity index (χ1) is 13.8. The Bertz CT molecular complexity index is 963. The van der Waals surface area contributed by atoms with Crippen molar-refractivity contribution in [3.63, 3.8) is 0 Å². The molecule has 2 aromatic carbocycles. The van der Waals surface area contributed by atoms with Gasteiger partial charge in [0, 0.05) is 17.8 Å². The average Bonchev–Trinajstić information content (AvgIpc) is 2.65. The fourth-order valence-electron chi connectivity index (χ4n) is 3.29. The maximum atomic E-state index is 12.5. The van der Waals surface area contributed by atoms with Gasteiger partial charge in [-0.2, -0.15) is 0 Å². The van der Waals surface area contributed by atoms with Gasteiger partial charge in [-0.05, 0) is 48.7 Å². The molecule has 0 saturated carbocycles. The third-order valence-corrected chi connectivity index (χ3v) is 4.54. The highest BCUT2D eigenvalue weighted by Gasteiger charge is 2.30. The number of hydrogen-bond acceptors (Lipinski definition) is 5. The summed E-state index contributed by atoms with van der Waals surface area (Å²) in [6, 6.07) is 12.5. The number of ether oxygens (including phenoxy) is 1. The number of esters is 1. The highest BCUT2D eigenvalue weighted by atomic mass is 16.5. The van der Waals surface area contributed by atoms with Crippen molar-refractivity contribution >= 4 is 29.4 Å². The number of nitrogens with zero attached hydrogens (tertiary/aromatic N) is 1. The van der Waals surface area contributed by atoms with Crippen molar-refractivity contribution in [3.05, 3.63) is 64.7 Å². The van der Waals surface area contributed by atoms with E-state index in [4.69, 9.17) is 4.74 Å². The molecule has 0 aliphatic carbocycles. The molecule has 1 aliphatic rings. The van der Waals surface area contributed by atoms with Gasteiger partial charge in [0.1, 0.15) is 0 Å². The lowest BCUT2D eigenvalue weighted by molar-refractivity contribution is -0.147. The van der Waals surface area contributed by atoms with Gasteiger partial charge in [-0.1, -0.05) is 24.3 Å². The first kappa shape index (κ1) is 20.3. The van der Waals surface area contributed by atoms with E-state index in [1.54, 1.807) is 24.3 Å². The minimum absolute atomic E-state index is 0.0798. The van der Waals surface area contributed by atoms with E-state index in [0.29, 0.717) is 16.8 Å². The molecule has 7 nitrogen and oxygen atoms in total. The molecule has 1 N–H and O–H groups in total. The summed E-state index contributed by atoms with van der Waals surface area (Å²) in [5, 5.41) is 2.67. The summed E-state index contributed by atoms with van der Waals surface area (Å²) in [5.74, 6) is -1.88. The summed E-state index contributed by atoms with van der Waals surface area (Å²) in [4.78, 5) is 49.6. The van der Waals surface area contributed by atoms with E-state index in [1.807, 2.05) is 32.0 Å². The smallest absolute Gasteiger partial charge is 0.308 e. The van der Waals surface area contributed by atoms with Gasteiger partial charge in [0.2, 0.25) is 5.91 Å². The number of nitrogens with one attached hydrogen (secondary N) is 1. The van der Waals surface area contributed by atoms with Crippen LogP contribution >= 0.6 is 0 Å². The van der Waals surface area contributed by atoms with Crippen molar-refractivity contribution in [2.45, 2.75) is 26.7 Å². The number of carbonyl (C=O) groups excluding carboxylic acids is 4. The Morgan fingerprint density at radius 2 is 1.76 bits per heavy atom. The van der Waals surface area contributed by atoms with E-state index in [9.17, 15) is 19.2 Å². The minimum atomic E-state index is -0.653. The van der Waals surface area contributed by atoms with Crippen molar-refractivity contribution in [2.24, 2.45) is 0 Å². The zero-order valence-corrected chi connectivity index (χ0v) is 16.4. The number of imide groups is 1. The quantitative estimate of drug-likeness (QED) is 0.600. The predicted molar refractivity (Wildman–Crippen MR) is 106 cm³/mol. The summed E-state index contributed by atoms with van der Waals surface area (Å²) < 4.78 is 4.97. The van der Waals surface area contributed by atoms with E-state index in [2.05, 4.69) is 5.32 Å². The van der Waals surface area contributed by atoms with Gasteiger partial charge in [-0.15, -0.1) is 0 Å². The number of rotatable bonds is 6. The van der Waals surface area contributed by atoms with Crippen molar-refractivity contribution in [1.82, 2.24) is 4.90 Å². The molecule has 3 amide bonds. The summed E-state index contributed by atoms with van der Waals surface area (Å²) in [6.07, 6.45) is -0.0498. The largest absolute Gasteiger partial charge is 0.456 e. The Morgan fingerprint density at radius 3 is 2.48 bits per heavy atom. The van der Waals surface area contributed by atoms with Crippen molar-refractivity contribution in [2.75, 3.05) is 18.5 Å². The molecule has 3 rings (SSSR count). The molecule has 1 heterocycles. The van der Waals surface area contributed by atoms with Crippen LogP contribution in [0, 0.1) is 13.8 Å². The zero-order chi connectivity index (χ0) is 21.0. The van der Waals surface area contributed by atoms with Crippen LogP contribution in [0.3, 0.4) is 0 Å². The van der Waals surface area contributed by atoms with Crippen LogP contribution in [0.5, 0.6) is 0 Å². The number of amides is 3. The van der Waals surface area contributed by atoms with Crippen LogP contribution in [0.1, 0.15) is 33.5 Å². The molecule has 29 heavy (non-hydrogen) atoms. The Hall–Kier alpha value is -3.48. The van der Waals surface area contributed by atoms with Gasteiger partial charge in [-0.3, -0.25) is 24.1 Å². The number of anilines is 1. The van der Waals surface area contributed by atoms with Gasteiger partial charge in [0.05, 0.1) is 12.8 Å². The van der Waals surface area contributed by atoms with Crippen molar-refractivity contribution in [1.29, 1.82) is 0 Å². The lowest BCUT2D eigenvalue weighted by Gasteiger charge is -2.26. The average molecular weight is 394 g/mol. The minimum Gasteiger partial charge on any atom is -0.456 e. The molecule has 0 fully saturated rings. The van der Waals surface area contributed by atoms with Crippen LogP contribution in [0.2, 0.25) is 0 Å². The molecule has 0 bridgehead atoms. The number of benzene rings is 2. The zero-order valence-electron chi connectivity index (χ0n) is 16.4. The highest BCUT2D eigenvalue weighted by molar-refractivity contribution is 6.09. The molecule has 2 aromatic rings. The monoisotopic (exact) mass is 394 g/mol. The van der Waals surface area contributed by atoms with E-state index in [-0.39, 0.29) is 25.3 Å². The Kier molecular flexibility index (Phi) is 6.07. The topological polar surface area (TPSA) is 92.8 Å². The van der Waals surface area contributed by atoms with Gasteiger partial charge in [0.25, 0.3) is 11.8 Å². The Morgan fingerprint density at radius 1 is 1.07 bits per heavy atom. The summed E-state index contributed by atoms with van der Waals surface area (Å²) >= 11 is 0. The second-order valence-electron chi connectivity index (χ2n) is 7.02. The third kappa shape index (κ3) is 5.07. The van der Waals surface area contributed by atoms with Crippen LogP contribution < -0.4 is 5.32 Å². The van der Waals surface area contributed by atoms with Gasteiger partial charge in [-0.25, -0.2) is 0 Å². The normalized spacial score (nSPS) is 13.1. The number of fused-ring (bicyclic) bond motifs is 1. The van der Waals surface area contributed by atoms with Crippen LogP contribution in [-0.4, -0.2) is 41.7 Å². The summed E-state index contributed by atoms with van der Waals surface area (Å²) in [7, 11) is 0. The maximum absolute atomic E-state index is 12.5. The molecular formula is C22H22N2O5. The molecule has 7 heteroatoms. The second kappa shape index (κ2) is 8.68. The maximum Gasteiger partial charge on any atom is 0.308 e. The number of aryl methyl sites for hydroxylation is 2. The molecule has 0 unspecified atom stereocenters. The SMILES string of the molecule is Cc1cc(C)cc(NC(=O)COC(=O)CCN2C(=O)Cc3ccccc3C2=O)c1. The predicted octanol–water partition coefficient (Wildman–Crippen LogP) is 2.40. The number of hydrogen-bond donors (Lipinski definition) is 1. The Balaban J connectivity index is 1.48. The molecular weight excluding hydrogens is 372 g/mol. The summed E-state index contributed by atoms with van der Waals surface area (Å²) in [6.45, 7) is 3.33. The molecule has 0 spiro atoms. The summed E-state index contributed by atoms with van der Waals surface area (Å²) in [5.41, 5.74) is 3.80. The van der Waals surface area contributed by atoms with Gasteiger partial charge >= 0.3 is 5.97 Å². The van der Waals surface area contributed by atoms with Crippen LogP contribution in [0.25, 0.3) is 0 Å². The molecule has 150 valence electrons. The van der Waals surface area contributed by atoms with Crippen molar-refractivity contribution < 1.29 is 23.9 Å². The lowest BCUT2D eigenvalue weighted by atomic mass is 9.98. The molecule has 0 aromatic heterocycles. The first-order valence-corrected chi connectivity index (χ1v) is 9.30.